The molecule has 1 amide bonds. The van der Waals surface area contributed by atoms with E-state index in [2.05, 4.69) is 21.2 Å². The third kappa shape index (κ3) is 5.52. The van der Waals surface area contributed by atoms with Gasteiger partial charge < -0.3 is 10.1 Å². The van der Waals surface area contributed by atoms with Gasteiger partial charge in [0.05, 0.1) is 6.10 Å². The van der Waals surface area contributed by atoms with Gasteiger partial charge >= 0.3 is 0 Å². The van der Waals surface area contributed by atoms with Crippen molar-refractivity contribution in [1.82, 2.24) is 5.32 Å². The number of alkyl halides is 1. The zero-order valence-electron chi connectivity index (χ0n) is 9.46. The third-order valence-corrected chi connectivity index (χ3v) is 3.49. The summed E-state index contributed by atoms with van der Waals surface area (Å²) < 4.78 is 5.24. The summed E-state index contributed by atoms with van der Waals surface area (Å²) in [4.78, 5) is 12.1. The van der Waals surface area contributed by atoms with Crippen molar-refractivity contribution < 1.29 is 9.53 Å². The molecule has 0 spiro atoms. The average molecular weight is 278 g/mol. The third-order valence-electron chi connectivity index (χ3n) is 2.57. The molecule has 0 saturated heterocycles. The van der Waals surface area contributed by atoms with Gasteiger partial charge in [-0.15, -0.1) is 0 Å². The topological polar surface area (TPSA) is 38.3 Å². The SMILES string of the molecule is CC(C)OCC(=O)NC1CCC(Br)CC1. The van der Waals surface area contributed by atoms with Crippen LogP contribution < -0.4 is 5.32 Å². The second-order valence-corrected chi connectivity index (χ2v) is 5.67. The van der Waals surface area contributed by atoms with Crippen LogP contribution in [0.1, 0.15) is 39.5 Å². The molecular formula is C11H20BrNO2. The van der Waals surface area contributed by atoms with Gasteiger partial charge in [-0.1, -0.05) is 15.9 Å². The maximum absolute atomic E-state index is 11.4. The number of ether oxygens (including phenoxy) is 1. The van der Waals surface area contributed by atoms with E-state index in [9.17, 15) is 4.79 Å². The molecule has 0 heterocycles. The van der Waals surface area contributed by atoms with Gasteiger partial charge in [0.1, 0.15) is 6.61 Å². The molecule has 0 radical (unpaired) electrons. The van der Waals surface area contributed by atoms with Crippen LogP contribution in [0.15, 0.2) is 0 Å². The van der Waals surface area contributed by atoms with Crippen molar-refractivity contribution >= 4 is 21.8 Å². The van der Waals surface area contributed by atoms with E-state index >= 15 is 0 Å². The van der Waals surface area contributed by atoms with Crippen LogP contribution in [0.2, 0.25) is 0 Å². The number of carbonyl (C=O) groups excluding carboxylic acids is 1. The van der Waals surface area contributed by atoms with Gasteiger partial charge in [0.25, 0.3) is 0 Å². The smallest absolute Gasteiger partial charge is 0.246 e. The largest absolute Gasteiger partial charge is 0.369 e. The van der Waals surface area contributed by atoms with Crippen molar-refractivity contribution in [2.24, 2.45) is 0 Å². The molecule has 15 heavy (non-hydrogen) atoms. The van der Waals surface area contributed by atoms with E-state index in [0.717, 1.165) is 25.7 Å². The molecule has 3 nitrogen and oxygen atoms in total. The molecule has 1 rings (SSSR count). The molecule has 1 aliphatic carbocycles. The lowest BCUT2D eigenvalue weighted by molar-refractivity contribution is -0.128. The van der Waals surface area contributed by atoms with Gasteiger partial charge in [-0.25, -0.2) is 0 Å². The molecule has 1 saturated carbocycles. The molecule has 0 atom stereocenters. The molecule has 0 unspecified atom stereocenters. The first-order chi connectivity index (χ1) is 7.08. The van der Waals surface area contributed by atoms with E-state index in [-0.39, 0.29) is 18.6 Å². The second-order valence-electron chi connectivity index (χ2n) is 4.38. The van der Waals surface area contributed by atoms with E-state index < -0.39 is 0 Å². The van der Waals surface area contributed by atoms with Gasteiger partial charge in [0.15, 0.2) is 0 Å². The first-order valence-corrected chi connectivity index (χ1v) is 6.54. The van der Waals surface area contributed by atoms with Crippen LogP contribution in [0.3, 0.4) is 0 Å². The summed E-state index contributed by atoms with van der Waals surface area (Å²) in [6.45, 7) is 4.05. The Kier molecular flexibility index (Phi) is 5.61. The number of hydrogen-bond donors (Lipinski definition) is 1. The summed E-state index contributed by atoms with van der Waals surface area (Å²) in [5.41, 5.74) is 0. The second kappa shape index (κ2) is 6.48. The Morgan fingerprint density at radius 3 is 2.53 bits per heavy atom. The van der Waals surface area contributed by atoms with Crippen LogP contribution in [0, 0.1) is 0 Å². The predicted molar refractivity (Wildman–Crippen MR) is 64.2 cm³/mol. The van der Waals surface area contributed by atoms with Gasteiger partial charge in [0.2, 0.25) is 5.91 Å². The first kappa shape index (κ1) is 13.0. The summed E-state index contributed by atoms with van der Waals surface area (Å²) in [5.74, 6) is 0.0155. The van der Waals surface area contributed by atoms with Crippen LogP contribution in [-0.4, -0.2) is 29.5 Å². The number of halogens is 1. The van der Waals surface area contributed by atoms with E-state index in [1.54, 1.807) is 0 Å². The minimum atomic E-state index is 0.0155. The minimum Gasteiger partial charge on any atom is -0.369 e. The van der Waals surface area contributed by atoms with Crippen molar-refractivity contribution in [3.63, 3.8) is 0 Å². The van der Waals surface area contributed by atoms with Gasteiger partial charge in [-0.2, -0.15) is 0 Å². The summed E-state index contributed by atoms with van der Waals surface area (Å²) in [5, 5.41) is 3.01. The molecular weight excluding hydrogens is 258 g/mol. The average Bonchev–Trinajstić information content (AvgIpc) is 2.19. The lowest BCUT2D eigenvalue weighted by atomic mass is 9.95. The van der Waals surface area contributed by atoms with Crippen LogP contribution in [-0.2, 0) is 9.53 Å². The Balaban J connectivity index is 2.15. The Morgan fingerprint density at radius 1 is 1.40 bits per heavy atom. The Morgan fingerprint density at radius 2 is 2.00 bits per heavy atom. The van der Waals surface area contributed by atoms with Crippen molar-refractivity contribution in [2.75, 3.05) is 6.61 Å². The molecule has 0 aromatic heterocycles. The highest BCUT2D eigenvalue weighted by Gasteiger charge is 2.20. The molecule has 4 heteroatoms. The fourth-order valence-electron chi connectivity index (χ4n) is 1.71. The van der Waals surface area contributed by atoms with Crippen LogP contribution >= 0.6 is 15.9 Å². The standard InChI is InChI=1S/C11H20BrNO2/c1-8(2)15-7-11(14)13-10-5-3-9(12)4-6-10/h8-10H,3-7H2,1-2H3,(H,13,14). The Labute approximate surface area is 100 Å². The normalized spacial score (nSPS) is 26.7. The van der Waals surface area contributed by atoms with Crippen molar-refractivity contribution in [3.8, 4) is 0 Å². The fourth-order valence-corrected chi connectivity index (χ4v) is 2.24. The molecule has 1 aliphatic rings. The highest BCUT2D eigenvalue weighted by molar-refractivity contribution is 9.09. The monoisotopic (exact) mass is 277 g/mol. The predicted octanol–water partition coefficient (Wildman–Crippen LogP) is 2.23. The molecule has 1 N–H and O–H groups in total. The molecule has 0 aromatic carbocycles. The molecule has 0 bridgehead atoms. The molecule has 1 fully saturated rings. The maximum atomic E-state index is 11.4. The Hall–Kier alpha value is -0.0900. The number of hydrogen-bond acceptors (Lipinski definition) is 2. The lowest BCUT2D eigenvalue weighted by Crippen LogP contribution is -2.40. The number of rotatable bonds is 4. The number of amides is 1. The zero-order chi connectivity index (χ0) is 11.3. The van der Waals surface area contributed by atoms with E-state index in [0.29, 0.717) is 10.9 Å². The summed E-state index contributed by atoms with van der Waals surface area (Å²) >= 11 is 3.59. The zero-order valence-corrected chi connectivity index (χ0v) is 11.0. The van der Waals surface area contributed by atoms with Crippen molar-refractivity contribution in [1.29, 1.82) is 0 Å². The van der Waals surface area contributed by atoms with Gasteiger partial charge in [-0.05, 0) is 39.5 Å². The molecule has 88 valence electrons. The van der Waals surface area contributed by atoms with Gasteiger partial charge in [0, 0.05) is 10.9 Å². The highest BCUT2D eigenvalue weighted by Crippen LogP contribution is 2.23. The van der Waals surface area contributed by atoms with Crippen LogP contribution in [0.25, 0.3) is 0 Å². The fraction of sp³-hybridized carbons (Fsp3) is 0.909. The number of carbonyl (C=O) groups is 1. The van der Waals surface area contributed by atoms with Crippen molar-refractivity contribution in [2.45, 2.75) is 56.5 Å². The number of nitrogens with one attached hydrogen (secondary N) is 1. The Bertz CT molecular complexity index is 201. The maximum Gasteiger partial charge on any atom is 0.246 e. The molecule has 0 aromatic rings. The highest BCUT2D eigenvalue weighted by atomic mass is 79.9. The van der Waals surface area contributed by atoms with Crippen LogP contribution in [0.4, 0.5) is 0 Å². The summed E-state index contributed by atoms with van der Waals surface area (Å²) in [6.07, 6.45) is 4.56. The molecule has 0 aliphatic heterocycles. The lowest BCUT2D eigenvalue weighted by Gasteiger charge is -2.26. The summed E-state index contributed by atoms with van der Waals surface area (Å²) in [7, 11) is 0. The quantitative estimate of drug-likeness (QED) is 0.801. The van der Waals surface area contributed by atoms with Crippen LogP contribution in [0.5, 0.6) is 0 Å². The van der Waals surface area contributed by atoms with Crippen molar-refractivity contribution in [3.05, 3.63) is 0 Å². The minimum absolute atomic E-state index is 0.0155. The van der Waals surface area contributed by atoms with Gasteiger partial charge in [-0.3, -0.25) is 4.79 Å². The van der Waals surface area contributed by atoms with E-state index in [4.69, 9.17) is 4.74 Å². The van der Waals surface area contributed by atoms with E-state index in [1.807, 2.05) is 13.8 Å². The first-order valence-electron chi connectivity index (χ1n) is 5.63. The summed E-state index contributed by atoms with van der Waals surface area (Å²) in [6, 6.07) is 0.349. The van der Waals surface area contributed by atoms with E-state index in [1.165, 1.54) is 0 Å².